The summed E-state index contributed by atoms with van der Waals surface area (Å²) >= 11 is 0. The lowest BCUT2D eigenvalue weighted by atomic mass is 9.92. The summed E-state index contributed by atoms with van der Waals surface area (Å²) < 4.78 is 5.82. The number of pyridine rings is 1. The molecule has 0 aliphatic carbocycles. The maximum absolute atomic E-state index is 13.8. The molecular formula is C31H42N4O3. The van der Waals surface area contributed by atoms with Gasteiger partial charge in [-0.1, -0.05) is 31.5 Å². The van der Waals surface area contributed by atoms with Gasteiger partial charge in [0.25, 0.3) is 0 Å². The normalized spacial score (nSPS) is 24.5. The van der Waals surface area contributed by atoms with Gasteiger partial charge in [-0.05, 0) is 67.9 Å². The van der Waals surface area contributed by atoms with Gasteiger partial charge in [-0.3, -0.25) is 19.5 Å². The highest BCUT2D eigenvalue weighted by Crippen LogP contribution is 2.32. The number of piperidine rings is 1. The number of rotatable bonds is 6. The molecule has 7 heteroatoms. The summed E-state index contributed by atoms with van der Waals surface area (Å²) in [4.78, 5) is 37.8. The predicted molar refractivity (Wildman–Crippen MR) is 149 cm³/mol. The highest BCUT2D eigenvalue weighted by atomic mass is 16.5. The Balaban J connectivity index is 1.47. The molecule has 2 aromatic rings. The van der Waals surface area contributed by atoms with Crippen LogP contribution in [0.5, 0.6) is 0 Å². The van der Waals surface area contributed by atoms with Crippen molar-refractivity contribution < 1.29 is 14.3 Å². The van der Waals surface area contributed by atoms with Crippen LogP contribution >= 0.6 is 0 Å². The largest absolute Gasteiger partial charge is 0.378 e. The van der Waals surface area contributed by atoms with E-state index in [1.165, 1.54) is 5.56 Å². The standard InChI is InChI=1S/C31H42N4O3/c1-2-30(36)34-19-16-26-8-5-9-27(35(26)21-24-14-17-32-18-15-24)23-33(22-25-7-3-4-11-29(25)34)31(37)13-12-28-10-6-20-38-28/h3-4,7,11,14-15,17-18,26-28H,2,5-6,8-10,12-13,16,19-23H2,1H3. The average molecular weight is 519 g/mol. The number of aromatic nitrogens is 1. The summed E-state index contributed by atoms with van der Waals surface area (Å²) in [6.45, 7) is 5.51. The van der Waals surface area contributed by atoms with Crippen LogP contribution in [0.3, 0.4) is 0 Å². The summed E-state index contributed by atoms with van der Waals surface area (Å²) in [6.07, 6.45) is 12.1. The number of para-hydroxylation sites is 1. The van der Waals surface area contributed by atoms with E-state index in [0.29, 0.717) is 38.5 Å². The molecule has 4 heterocycles. The van der Waals surface area contributed by atoms with Crippen molar-refractivity contribution in [2.24, 2.45) is 0 Å². The Bertz CT molecular complexity index is 1070. The Labute approximate surface area is 227 Å². The molecule has 0 spiro atoms. The molecule has 0 radical (unpaired) electrons. The zero-order valence-corrected chi connectivity index (χ0v) is 22.8. The molecule has 2 fully saturated rings. The van der Waals surface area contributed by atoms with E-state index < -0.39 is 0 Å². The van der Waals surface area contributed by atoms with E-state index in [0.717, 1.165) is 69.3 Å². The number of anilines is 1. The van der Waals surface area contributed by atoms with E-state index in [4.69, 9.17) is 4.74 Å². The maximum atomic E-state index is 13.8. The number of hydrogen-bond donors (Lipinski definition) is 0. The van der Waals surface area contributed by atoms with E-state index in [9.17, 15) is 9.59 Å². The second-order valence-corrected chi connectivity index (χ2v) is 11.0. The summed E-state index contributed by atoms with van der Waals surface area (Å²) in [5.74, 6) is 0.329. The Morgan fingerprint density at radius 1 is 0.974 bits per heavy atom. The van der Waals surface area contributed by atoms with Gasteiger partial charge >= 0.3 is 0 Å². The topological polar surface area (TPSA) is 66.0 Å². The first-order chi connectivity index (χ1) is 18.6. The van der Waals surface area contributed by atoms with Crippen molar-refractivity contribution in [3.63, 3.8) is 0 Å². The quantitative estimate of drug-likeness (QED) is 0.542. The number of carbonyl (C=O) groups is 2. The van der Waals surface area contributed by atoms with Gasteiger partial charge in [0.1, 0.15) is 0 Å². The van der Waals surface area contributed by atoms with Crippen LogP contribution in [0.25, 0.3) is 0 Å². The molecule has 0 saturated carbocycles. The zero-order chi connectivity index (χ0) is 26.3. The van der Waals surface area contributed by atoms with Gasteiger partial charge < -0.3 is 14.5 Å². The number of amides is 2. The van der Waals surface area contributed by atoms with Gasteiger partial charge in [-0.15, -0.1) is 0 Å². The van der Waals surface area contributed by atoms with Crippen molar-refractivity contribution >= 4 is 17.5 Å². The first-order valence-electron chi connectivity index (χ1n) is 14.5. The number of carbonyl (C=O) groups excluding carboxylic acids is 2. The van der Waals surface area contributed by atoms with Crippen molar-refractivity contribution in [3.8, 4) is 0 Å². The van der Waals surface area contributed by atoms with E-state index in [-0.39, 0.29) is 24.0 Å². The van der Waals surface area contributed by atoms with Crippen molar-refractivity contribution in [2.45, 2.75) is 96.0 Å². The highest BCUT2D eigenvalue weighted by Gasteiger charge is 2.35. The summed E-state index contributed by atoms with van der Waals surface area (Å²) in [7, 11) is 0. The van der Waals surface area contributed by atoms with Crippen molar-refractivity contribution in [1.82, 2.24) is 14.8 Å². The molecule has 2 amide bonds. The second kappa shape index (κ2) is 12.9. The van der Waals surface area contributed by atoms with Crippen LogP contribution < -0.4 is 4.90 Å². The molecule has 2 saturated heterocycles. The predicted octanol–water partition coefficient (Wildman–Crippen LogP) is 4.94. The fraction of sp³-hybridized carbons (Fsp3) is 0.581. The van der Waals surface area contributed by atoms with Crippen LogP contribution in [0.4, 0.5) is 5.69 Å². The number of benzene rings is 1. The SMILES string of the molecule is CCC(=O)N1CCC2CCCC(CN(C(=O)CCC3CCCO3)Cc3ccccc31)N2Cc1ccncc1. The van der Waals surface area contributed by atoms with Crippen LogP contribution in [0, 0.1) is 0 Å². The van der Waals surface area contributed by atoms with Crippen LogP contribution in [-0.2, 0) is 27.4 Å². The van der Waals surface area contributed by atoms with E-state index in [1.54, 1.807) is 0 Å². The summed E-state index contributed by atoms with van der Waals surface area (Å²) in [5, 5.41) is 0. The molecule has 1 aromatic heterocycles. The number of fused-ring (bicyclic) bond motifs is 3. The molecule has 204 valence electrons. The van der Waals surface area contributed by atoms with Gasteiger partial charge in [-0.25, -0.2) is 0 Å². The van der Waals surface area contributed by atoms with Crippen LogP contribution in [-0.4, -0.2) is 64.5 Å². The number of hydrogen-bond acceptors (Lipinski definition) is 5. The molecular weight excluding hydrogens is 476 g/mol. The Morgan fingerprint density at radius 2 is 1.79 bits per heavy atom. The maximum Gasteiger partial charge on any atom is 0.226 e. The van der Waals surface area contributed by atoms with Gasteiger partial charge in [0.15, 0.2) is 0 Å². The van der Waals surface area contributed by atoms with Gasteiger partial charge in [0, 0.05) is 75.8 Å². The number of ether oxygens (including phenoxy) is 1. The lowest BCUT2D eigenvalue weighted by Crippen LogP contribution is -2.52. The lowest BCUT2D eigenvalue weighted by molar-refractivity contribution is -0.134. The molecule has 7 nitrogen and oxygen atoms in total. The minimum Gasteiger partial charge on any atom is -0.378 e. The fourth-order valence-electron chi connectivity index (χ4n) is 6.47. The number of nitrogens with zero attached hydrogens (tertiary/aromatic N) is 4. The third-order valence-electron chi connectivity index (χ3n) is 8.55. The average Bonchev–Trinajstić information content (AvgIpc) is 3.47. The van der Waals surface area contributed by atoms with Crippen molar-refractivity contribution in [3.05, 3.63) is 59.9 Å². The summed E-state index contributed by atoms with van der Waals surface area (Å²) in [5.41, 5.74) is 3.25. The first-order valence-corrected chi connectivity index (χ1v) is 14.5. The smallest absolute Gasteiger partial charge is 0.226 e. The van der Waals surface area contributed by atoms with E-state index in [2.05, 4.69) is 39.0 Å². The summed E-state index contributed by atoms with van der Waals surface area (Å²) in [6, 6.07) is 13.0. The highest BCUT2D eigenvalue weighted by molar-refractivity contribution is 5.94. The molecule has 3 atom stereocenters. The minimum absolute atomic E-state index is 0.140. The molecule has 3 aliphatic heterocycles. The molecule has 38 heavy (non-hydrogen) atoms. The molecule has 3 unspecified atom stereocenters. The molecule has 5 rings (SSSR count). The van der Waals surface area contributed by atoms with Gasteiger partial charge in [0.05, 0.1) is 6.10 Å². The molecule has 1 aromatic carbocycles. The second-order valence-electron chi connectivity index (χ2n) is 11.0. The lowest BCUT2D eigenvalue weighted by Gasteiger charge is -2.44. The molecule has 2 bridgehead atoms. The molecule has 0 N–H and O–H groups in total. The van der Waals surface area contributed by atoms with E-state index in [1.807, 2.05) is 36.4 Å². The van der Waals surface area contributed by atoms with Crippen molar-refractivity contribution in [2.75, 3.05) is 24.6 Å². The van der Waals surface area contributed by atoms with Gasteiger partial charge in [-0.2, -0.15) is 0 Å². The third kappa shape index (κ3) is 6.44. The fourth-order valence-corrected chi connectivity index (χ4v) is 6.47. The molecule has 3 aliphatic rings. The van der Waals surface area contributed by atoms with Crippen LogP contribution in [0.15, 0.2) is 48.8 Å². The zero-order valence-electron chi connectivity index (χ0n) is 22.8. The van der Waals surface area contributed by atoms with Crippen LogP contribution in [0.2, 0.25) is 0 Å². The monoisotopic (exact) mass is 518 g/mol. The van der Waals surface area contributed by atoms with Crippen molar-refractivity contribution in [1.29, 1.82) is 0 Å². The Morgan fingerprint density at radius 3 is 2.58 bits per heavy atom. The minimum atomic E-state index is 0.140. The van der Waals surface area contributed by atoms with Crippen LogP contribution in [0.1, 0.15) is 75.8 Å². The first kappa shape index (κ1) is 26.8. The van der Waals surface area contributed by atoms with E-state index >= 15 is 0 Å². The third-order valence-corrected chi connectivity index (χ3v) is 8.55. The Hall–Kier alpha value is -2.77. The van der Waals surface area contributed by atoms with Gasteiger partial charge in [0.2, 0.25) is 11.8 Å². The Kier molecular flexibility index (Phi) is 9.07.